The van der Waals surface area contributed by atoms with E-state index < -0.39 is 5.91 Å². The molecular weight excluding hydrogens is 330 g/mol. The minimum atomic E-state index is -0.461. The van der Waals surface area contributed by atoms with Gasteiger partial charge in [-0.2, -0.15) is 0 Å². The molecule has 0 aliphatic heterocycles. The average Bonchev–Trinajstić information content (AvgIpc) is 3.16. The number of carbonyl (C=O) groups is 1. The Morgan fingerprint density at radius 2 is 1.77 bits per heavy atom. The molecule has 0 bridgehead atoms. The molecule has 0 saturated heterocycles. The average molecular weight is 349 g/mol. The van der Waals surface area contributed by atoms with E-state index in [1.807, 2.05) is 12.1 Å². The van der Waals surface area contributed by atoms with Crippen molar-refractivity contribution in [2.24, 2.45) is 0 Å². The highest BCUT2D eigenvalue weighted by Gasteiger charge is 2.16. The van der Waals surface area contributed by atoms with E-state index in [0.29, 0.717) is 22.8 Å². The number of nitrogens with one attached hydrogen (secondary N) is 1. The minimum absolute atomic E-state index is 0.0139. The van der Waals surface area contributed by atoms with Crippen LogP contribution in [0.25, 0.3) is 11.0 Å². The molecule has 1 amide bonds. The Morgan fingerprint density at radius 3 is 2.54 bits per heavy atom. The van der Waals surface area contributed by atoms with Crippen molar-refractivity contribution in [3.63, 3.8) is 0 Å². The highest BCUT2D eigenvalue weighted by Crippen LogP contribution is 2.25. The third kappa shape index (κ3) is 3.47. The van der Waals surface area contributed by atoms with Crippen LogP contribution in [-0.4, -0.2) is 12.0 Å². The number of para-hydroxylation sites is 1. The lowest BCUT2D eigenvalue weighted by Gasteiger charge is -2.13. The zero-order valence-corrected chi connectivity index (χ0v) is 14.2. The van der Waals surface area contributed by atoms with Crippen LogP contribution in [0.5, 0.6) is 5.75 Å². The molecule has 1 aliphatic rings. The number of carbonyl (C=O) groups excluding carboxylic acids is 1. The van der Waals surface area contributed by atoms with Crippen LogP contribution in [0.1, 0.15) is 36.2 Å². The van der Waals surface area contributed by atoms with Crippen LogP contribution in [0, 0.1) is 0 Å². The van der Waals surface area contributed by atoms with Gasteiger partial charge in [0.15, 0.2) is 11.2 Å². The van der Waals surface area contributed by atoms with E-state index in [9.17, 15) is 9.59 Å². The third-order valence-electron chi connectivity index (χ3n) is 4.58. The fourth-order valence-corrected chi connectivity index (χ4v) is 3.22. The van der Waals surface area contributed by atoms with Crippen LogP contribution in [-0.2, 0) is 0 Å². The molecular formula is C21H19NO4. The Kier molecular flexibility index (Phi) is 4.44. The van der Waals surface area contributed by atoms with Gasteiger partial charge in [0.05, 0.1) is 11.5 Å². The lowest BCUT2D eigenvalue weighted by atomic mass is 10.2. The maximum absolute atomic E-state index is 12.4. The molecule has 1 fully saturated rings. The predicted molar refractivity (Wildman–Crippen MR) is 99.8 cm³/mol. The minimum Gasteiger partial charge on any atom is -0.490 e. The molecule has 5 nitrogen and oxygen atoms in total. The normalized spacial score (nSPS) is 14.5. The number of ether oxygens (including phenoxy) is 1. The highest BCUT2D eigenvalue weighted by molar-refractivity contribution is 6.02. The molecule has 1 N–H and O–H groups in total. The van der Waals surface area contributed by atoms with Gasteiger partial charge in [0.25, 0.3) is 5.91 Å². The van der Waals surface area contributed by atoms with Crippen molar-refractivity contribution in [1.82, 2.24) is 0 Å². The SMILES string of the molecule is O=C(Nc1ccc(OC2CCCC2)cc1)c1cc(=O)c2ccccc2o1. The number of rotatable bonds is 4. The van der Waals surface area contributed by atoms with Gasteiger partial charge in [-0.15, -0.1) is 0 Å². The Balaban J connectivity index is 1.48. The molecule has 5 heteroatoms. The zero-order chi connectivity index (χ0) is 17.9. The molecule has 0 atom stereocenters. The van der Waals surface area contributed by atoms with Crippen LogP contribution in [0.4, 0.5) is 5.69 Å². The number of hydrogen-bond donors (Lipinski definition) is 1. The van der Waals surface area contributed by atoms with Crippen molar-refractivity contribution in [2.45, 2.75) is 31.8 Å². The Morgan fingerprint density at radius 1 is 1.04 bits per heavy atom. The maximum atomic E-state index is 12.4. The Hall–Kier alpha value is -3.08. The summed E-state index contributed by atoms with van der Waals surface area (Å²) in [6.07, 6.45) is 4.92. The van der Waals surface area contributed by atoms with E-state index >= 15 is 0 Å². The van der Waals surface area contributed by atoms with Crippen LogP contribution >= 0.6 is 0 Å². The molecule has 4 rings (SSSR count). The number of amides is 1. The van der Waals surface area contributed by atoms with Crippen molar-refractivity contribution in [3.05, 3.63) is 70.6 Å². The predicted octanol–water partition coefficient (Wildman–Crippen LogP) is 4.37. The molecule has 1 aliphatic carbocycles. The number of hydrogen-bond acceptors (Lipinski definition) is 4. The van der Waals surface area contributed by atoms with E-state index in [4.69, 9.17) is 9.15 Å². The number of fused-ring (bicyclic) bond motifs is 1. The topological polar surface area (TPSA) is 68.5 Å². The van der Waals surface area contributed by atoms with Crippen LogP contribution in [0.3, 0.4) is 0 Å². The first-order valence-electron chi connectivity index (χ1n) is 8.80. The zero-order valence-electron chi connectivity index (χ0n) is 14.2. The highest BCUT2D eigenvalue weighted by atomic mass is 16.5. The molecule has 3 aromatic rings. The van der Waals surface area contributed by atoms with E-state index in [2.05, 4.69) is 5.32 Å². The van der Waals surface area contributed by atoms with Gasteiger partial charge < -0.3 is 14.5 Å². The summed E-state index contributed by atoms with van der Waals surface area (Å²) in [6.45, 7) is 0. The first-order valence-corrected chi connectivity index (χ1v) is 8.80. The molecule has 0 spiro atoms. The summed E-state index contributed by atoms with van der Waals surface area (Å²) in [5.41, 5.74) is 0.771. The second-order valence-corrected chi connectivity index (χ2v) is 6.47. The van der Waals surface area contributed by atoms with Crippen molar-refractivity contribution in [2.75, 3.05) is 5.32 Å². The molecule has 132 valence electrons. The first kappa shape index (κ1) is 16.4. The van der Waals surface area contributed by atoms with Gasteiger partial charge in [-0.1, -0.05) is 12.1 Å². The maximum Gasteiger partial charge on any atom is 0.291 e. The quantitative estimate of drug-likeness (QED) is 0.759. The van der Waals surface area contributed by atoms with Crippen LogP contribution in [0.15, 0.2) is 63.8 Å². The van der Waals surface area contributed by atoms with Crippen LogP contribution < -0.4 is 15.5 Å². The number of anilines is 1. The van der Waals surface area contributed by atoms with Crippen molar-refractivity contribution in [1.29, 1.82) is 0 Å². The summed E-state index contributed by atoms with van der Waals surface area (Å²) in [7, 11) is 0. The van der Waals surface area contributed by atoms with E-state index in [1.165, 1.54) is 18.9 Å². The Labute approximate surface area is 150 Å². The fourth-order valence-electron chi connectivity index (χ4n) is 3.22. The summed E-state index contributed by atoms with van der Waals surface area (Å²) < 4.78 is 11.5. The standard InChI is InChI=1S/C21H19NO4/c23-18-13-20(26-19-8-4-3-7-17(18)19)21(24)22-14-9-11-16(12-10-14)25-15-5-1-2-6-15/h3-4,7-13,15H,1-2,5-6H2,(H,22,24). The molecule has 2 aromatic carbocycles. The van der Waals surface area contributed by atoms with Gasteiger partial charge in [-0.25, -0.2) is 0 Å². The van der Waals surface area contributed by atoms with E-state index in [1.54, 1.807) is 36.4 Å². The van der Waals surface area contributed by atoms with Gasteiger partial charge in [0, 0.05) is 11.8 Å². The fraction of sp³-hybridized carbons (Fsp3) is 0.238. The first-order chi connectivity index (χ1) is 12.7. The Bertz CT molecular complexity index is 985. The lowest BCUT2D eigenvalue weighted by Crippen LogP contribution is -2.15. The van der Waals surface area contributed by atoms with Crippen molar-refractivity contribution >= 4 is 22.6 Å². The summed E-state index contributed by atoms with van der Waals surface area (Å²) in [5.74, 6) is 0.324. The lowest BCUT2D eigenvalue weighted by molar-refractivity contribution is 0.0997. The van der Waals surface area contributed by atoms with Crippen molar-refractivity contribution in [3.8, 4) is 5.75 Å². The molecule has 0 radical (unpaired) electrons. The smallest absolute Gasteiger partial charge is 0.291 e. The van der Waals surface area contributed by atoms with Crippen LogP contribution in [0.2, 0.25) is 0 Å². The van der Waals surface area contributed by atoms with Gasteiger partial charge >= 0.3 is 0 Å². The third-order valence-corrected chi connectivity index (χ3v) is 4.58. The molecule has 1 aromatic heterocycles. The van der Waals surface area contributed by atoms with Gasteiger partial charge in [0.1, 0.15) is 11.3 Å². The largest absolute Gasteiger partial charge is 0.490 e. The molecule has 1 saturated carbocycles. The summed E-state index contributed by atoms with van der Waals surface area (Å²) >= 11 is 0. The monoisotopic (exact) mass is 349 g/mol. The summed E-state index contributed by atoms with van der Waals surface area (Å²) in [5, 5.41) is 3.20. The number of benzene rings is 2. The van der Waals surface area contributed by atoms with E-state index in [0.717, 1.165) is 18.6 Å². The van der Waals surface area contributed by atoms with Gasteiger partial charge in [-0.3, -0.25) is 9.59 Å². The van der Waals surface area contributed by atoms with Gasteiger partial charge in [0.2, 0.25) is 0 Å². The van der Waals surface area contributed by atoms with Gasteiger partial charge in [-0.05, 0) is 62.1 Å². The molecule has 26 heavy (non-hydrogen) atoms. The van der Waals surface area contributed by atoms with E-state index in [-0.39, 0.29) is 11.2 Å². The molecule has 1 heterocycles. The second-order valence-electron chi connectivity index (χ2n) is 6.47. The second kappa shape index (κ2) is 7.04. The molecule has 0 unspecified atom stereocenters. The van der Waals surface area contributed by atoms with Crippen molar-refractivity contribution < 1.29 is 13.9 Å². The summed E-state index contributed by atoms with van der Waals surface area (Å²) in [4.78, 5) is 24.5. The summed E-state index contributed by atoms with van der Waals surface area (Å²) in [6, 6.07) is 15.3.